The van der Waals surface area contributed by atoms with Gasteiger partial charge in [0.25, 0.3) is 5.91 Å². The van der Waals surface area contributed by atoms with E-state index in [1.807, 2.05) is 35.8 Å². The summed E-state index contributed by atoms with van der Waals surface area (Å²) in [6.45, 7) is 9.35. The maximum atomic E-state index is 13.1. The first-order valence-corrected chi connectivity index (χ1v) is 10.8. The average Bonchev–Trinajstić information content (AvgIpc) is 2.94. The highest BCUT2D eigenvalue weighted by Crippen LogP contribution is 2.28. The second kappa shape index (κ2) is 9.25. The van der Waals surface area contributed by atoms with Gasteiger partial charge in [0.2, 0.25) is 0 Å². The van der Waals surface area contributed by atoms with E-state index < -0.39 is 0 Å². The van der Waals surface area contributed by atoms with E-state index in [-0.39, 0.29) is 11.9 Å². The molecular formula is C23H33N5O. The Balaban J connectivity index is 1.96. The molecule has 29 heavy (non-hydrogen) atoms. The lowest BCUT2D eigenvalue weighted by molar-refractivity contribution is 0.0940. The van der Waals surface area contributed by atoms with Gasteiger partial charge in [-0.05, 0) is 37.8 Å². The zero-order valence-corrected chi connectivity index (χ0v) is 18.0. The number of carbonyl (C=O) groups is 1. The minimum atomic E-state index is -0.163. The zero-order valence-electron chi connectivity index (χ0n) is 18.0. The summed E-state index contributed by atoms with van der Waals surface area (Å²) in [7, 11) is 0. The Morgan fingerprint density at radius 3 is 2.45 bits per heavy atom. The van der Waals surface area contributed by atoms with Crippen LogP contribution in [0.4, 0.5) is 5.82 Å². The fourth-order valence-electron chi connectivity index (χ4n) is 3.68. The summed E-state index contributed by atoms with van der Waals surface area (Å²) in [6, 6.07) is 7.81. The van der Waals surface area contributed by atoms with Gasteiger partial charge in [-0.2, -0.15) is 0 Å². The lowest BCUT2D eigenvalue weighted by atomic mass is 10.0. The van der Waals surface area contributed by atoms with E-state index in [1.165, 1.54) is 0 Å². The number of nitrogens with one attached hydrogen (secondary N) is 1. The number of carbonyl (C=O) groups excluding carboxylic acids is 1. The molecule has 3 aromatic rings. The van der Waals surface area contributed by atoms with Crippen LogP contribution in [0, 0.1) is 5.92 Å². The molecule has 0 saturated heterocycles. The molecule has 0 bridgehead atoms. The van der Waals surface area contributed by atoms with Crippen LogP contribution in [0.5, 0.6) is 0 Å². The Hall–Kier alpha value is -2.63. The quantitative estimate of drug-likeness (QED) is 0.539. The maximum absolute atomic E-state index is 13.1. The molecule has 0 radical (unpaired) electrons. The third-order valence-electron chi connectivity index (χ3n) is 5.35. The second-order valence-electron chi connectivity index (χ2n) is 8.35. The lowest BCUT2D eigenvalue weighted by Crippen LogP contribution is -2.33. The minimum Gasteiger partial charge on any atom is -0.384 e. The molecule has 0 saturated carbocycles. The van der Waals surface area contributed by atoms with Crippen molar-refractivity contribution in [1.29, 1.82) is 0 Å². The van der Waals surface area contributed by atoms with Crippen molar-refractivity contribution >= 4 is 33.9 Å². The highest BCUT2D eigenvalue weighted by atomic mass is 16.1. The number of unbranched alkanes of at least 4 members (excludes halogenated alkanes) is 1. The molecule has 0 aliphatic carbocycles. The van der Waals surface area contributed by atoms with Gasteiger partial charge in [-0.3, -0.25) is 4.79 Å². The standard InChI is InChI=1S/C23H33N5O/c1-5-6-14-28-21(24)19(23(29)25-16(4)11-9-10-15(2)3)20-22(28)27-18-13-8-7-12-17(18)26-20/h7-8,12-13,15-16H,5-6,9-11,14,24H2,1-4H3,(H,25,29). The summed E-state index contributed by atoms with van der Waals surface area (Å²) in [5, 5.41) is 3.12. The van der Waals surface area contributed by atoms with Gasteiger partial charge in [0.1, 0.15) is 16.9 Å². The average molecular weight is 396 g/mol. The third-order valence-corrected chi connectivity index (χ3v) is 5.35. The number of hydrogen-bond acceptors (Lipinski definition) is 4. The van der Waals surface area contributed by atoms with Crippen LogP contribution < -0.4 is 11.1 Å². The largest absolute Gasteiger partial charge is 0.384 e. The highest BCUT2D eigenvalue weighted by Gasteiger charge is 2.24. The Labute approximate surface area is 172 Å². The predicted molar refractivity (Wildman–Crippen MR) is 120 cm³/mol. The fourth-order valence-corrected chi connectivity index (χ4v) is 3.68. The van der Waals surface area contributed by atoms with Crippen LogP contribution >= 0.6 is 0 Å². The van der Waals surface area contributed by atoms with Crippen molar-refractivity contribution in [1.82, 2.24) is 19.9 Å². The molecule has 1 atom stereocenters. The first-order chi connectivity index (χ1) is 13.9. The molecule has 1 amide bonds. The first-order valence-electron chi connectivity index (χ1n) is 10.8. The van der Waals surface area contributed by atoms with Crippen molar-refractivity contribution in [2.75, 3.05) is 5.73 Å². The smallest absolute Gasteiger partial charge is 0.257 e. The van der Waals surface area contributed by atoms with E-state index in [0.29, 0.717) is 28.5 Å². The number of nitrogens with two attached hydrogens (primary N) is 1. The van der Waals surface area contributed by atoms with Gasteiger partial charge in [-0.15, -0.1) is 0 Å². The molecule has 3 rings (SSSR count). The number of hydrogen-bond donors (Lipinski definition) is 2. The monoisotopic (exact) mass is 395 g/mol. The summed E-state index contributed by atoms with van der Waals surface area (Å²) in [4.78, 5) is 22.7. The van der Waals surface area contributed by atoms with Crippen LogP contribution in [-0.4, -0.2) is 26.5 Å². The first kappa shape index (κ1) is 21.1. The van der Waals surface area contributed by atoms with E-state index in [1.54, 1.807) is 0 Å². The van der Waals surface area contributed by atoms with Gasteiger partial charge in [0.15, 0.2) is 5.65 Å². The normalized spacial score (nSPS) is 12.7. The molecule has 0 fully saturated rings. The van der Waals surface area contributed by atoms with Crippen LogP contribution in [0.2, 0.25) is 0 Å². The van der Waals surface area contributed by atoms with E-state index >= 15 is 0 Å². The van der Waals surface area contributed by atoms with Crippen molar-refractivity contribution < 1.29 is 4.79 Å². The number of anilines is 1. The third kappa shape index (κ3) is 4.69. The van der Waals surface area contributed by atoms with Gasteiger partial charge in [-0.1, -0.05) is 52.2 Å². The zero-order chi connectivity index (χ0) is 21.0. The minimum absolute atomic E-state index is 0.0862. The molecule has 0 aliphatic heterocycles. The molecular weight excluding hydrogens is 362 g/mol. The number of aryl methyl sites for hydroxylation is 1. The summed E-state index contributed by atoms with van der Waals surface area (Å²) in [6.07, 6.45) is 5.21. The van der Waals surface area contributed by atoms with E-state index in [2.05, 4.69) is 26.1 Å². The molecule has 0 aliphatic rings. The van der Waals surface area contributed by atoms with Crippen molar-refractivity contribution in [2.45, 2.75) is 72.4 Å². The molecule has 0 spiro atoms. The number of aromatic nitrogens is 3. The number of nitrogens with zero attached hydrogens (tertiary/aromatic N) is 3. The molecule has 2 heterocycles. The fraction of sp³-hybridized carbons (Fsp3) is 0.522. The van der Waals surface area contributed by atoms with Crippen molar-refractivity contribution in [3.8, 4) is 0 Å². The number of amides is 1. The van der Waals surface area contributed by atoms with Crippen molar-refractivity contribution in [3.63, 3.8) is 0 Å². The van der Waals surface area contributed by atoms with Crippen LogP contribution in [0.1, 0.15) is 70.2 Å². The van der Waals surface area contributed by atoms with Crippen LogP contribution in [0.15, 0.2) is 24.3 Å². The Morgan fingerprint density at radius 2 is 1.79 bits per heavy atom. The van der Waals surface area contributed by atoms with E-state index in [0.717, 1.165) is 49.7 Å². The van der Waals surface area contributed by atoms with Gasteiger partial charge < -0.3 is 15.6 Å². The second-order valence-corrected chi connectivity index (χ2v) is 8.35. The molecule has 156 valence electrons. The number of nitrogen functional groups attached to an aromatic ring is 1. The molecule has 6 nitrogen and oxygen atoms in total. The SMILES string of the molecule is CCCCn1c(N)c(C(=O)NC(C)CCCC(C)C)c2nc3ccccc3nc21. The number of benzene rings is 1. The van der Waals surface area contributed by atoms with E-state index in [4.69, 9.17) is 15.7 Å². The Morgan fingerprint density at radius 1 is 1.10 bits per heavy atom. The summed E-state index contributed by atoms with van der Waals surface area (Å²) in [5.41, 5.74) is 9.76. The lowest BCUT2D eigenvalue weighted by Gasteiger charge is -2.14. The van der Waals surface area contributed by atoms with Crippen LogP contribution in [0.3, 0.4) is 0 Å². The van der Waals surface area contributed by atoms with Gasteiger partial charge in [-0.25, -0.2) is 9.97 Å². The topological polar surface area (TPSA) is 85.8 Å². The molecule has 2 aromatic heterocycles. The number of para-hydroxylation sites is 2. The van der Waals surface area contributed by atoms with Gasteiger partial charge in [0.05, 0.1) is 11.0 Å². The van der Waals surface area contributed by atoms with Crippen LogP contribution in [-0.2, 0) is 6.54 Å². The number of fused-ring (bicyclic) bond motifs is 2. The van der Waals surface area contributed by atoms with Crippen molar-refractivity contribution in [2.24, 2.45) is 5.92 Å². The molecule has 1 unspecified atom stereocenters. The van der Waals surface area contributed by atoms with Crippen molar-refractivity contribution in [3.05, 3.63) is 29.8 Å². The summed E-state index contributed by atoms with van der Waals surface area (Å²) in [5.74, 6) is 0.966. The van der Waals surface area contributed by atoms with E-state index in [9.17, 15) is 4.79 Å². The number of rotatable bonds is 9. The highest BCUT2D eigenvalue weighted by molar-refractivity contribution is 6.10. The summed E-state index contributed by atoms with van der Waals surface area (Å²) >= 11 is 0. The predicted octanol–water partition coefficient (Wildman–Crippen LogP) is 4.91. The van der Waals surface area contributed by atoms with Crippen LogP contribution in [0.25, 0.3) is 22.2 Å². The summed E-state index contributed by atoms with van der Waals surface area (Å²) < 4.78 is 1.94. The Bertz CT molecular complexity index is 992. The Kier molecular flexibility index (Phi) is 6.72. The van der Waals surface area contributed by atoms with Gasteiger partial charge >= 0.3 is 0 Å². The molecule has 3 N–H and O–H groups in total. The van der Waals surface area contributed by atoms with Gasteiger partial charge in [0, 0.05) is 12.6 Å². The molecule has 6 heteroatoms. The maximum Gasteiger partial charge on any atom is 0.257 e. The molecule has 1 aromatic carbocycles.